The Hall–Kier alpha value is -1.57. The number of rotatable bonds is 4. The number of benzene rings is 1. The molecule has 0 aliphatic carbocycles. The van der Waals surface area contributed by atoms with E-state index >= 15 is 0 Å². The van der Waals surface area contributed by atoms with Crippen LogP contribution in [0.3, 0.4) is 0 Å². The molecule has 1 aromatic carbocycles. The van der Waals surface area contributed by atoms with Crippen LogP contribution in [0.15, 0.2) is 33.5 Å². The lowest BCUT2D eigenvalue weighted by atomic mass is 9.98. The van der Waals surface area contributed by atoms with Gasteiger partial charge in [-0.25, -0.2) is 4.79 Å². The summed E-state index contributed by atoms with van der Waals surface area (Å²) in [4.78, 5) is 12.0. The first-order valence-electron chi connectivity index (χ1n) is 6.31. The highest BCUT2D eigenvalue weighted by molar-refractivity contribution is 5.81. The summed E-state index contributed by atoms with van der Waals surface area (Å²) in [7, 11) is 0. The Bertz CT molecular complexity index is 567. The van der Waals surface area contributed by atoms with E-state index < -0.39 is 0 Å². The van der Waals surface area contributed by atoms with E-state index in [1.165, 1.54) is 5.56 Å². The summed E-state index contributed by atoms with van der Waals surface area (Å²) in [5.74, 6) is 0. The molecule has 90 valence electrons. The molecule has 2 rings (SSSR count). The summed E-state index contributed by atoms with van der Waals surface area (Å²) in [5, 5.41) is 1.09. The largest absolute Gasteiger partial charge is 0.423 e. The third kappa shape index (κ3) is 2.26. The zero-order valence-electron chi connectivity index (χ0n) is 10.5. The van der Waals surface area contributed by atoms with Crippen molar-refractivity contribution < 1.29 is 4.42 Å². The van der Waals surface area contributed by atoms with Crippen LogP contribution < -0.4 is 5.63 Å². The molecule has 1 aromatic heterocycles. The van der Waals surface area contributed by atoms with E-state index in [9.17, 15) is 4.79 Å². The minimum atomic E-state index is -0.158. The smallest absolute Gasteiger partial charge is 0.339 e. The minimum Gasteiger partial charge on any atom is -0.423 e. The van der Waals surface area contributed by atoms with E-state index in [2.05, 4.69) is 13.8 Å². The third-order valence-corrected chi connectivity index (χ3v) is 3.03. The monoisotopic (exact) mass is 230 g/mol. The van der Waals surface area contributed by atoms with Gasteiger partial charge in [-0.05, 0) is 24.5 Å². The average Bonchev–Trinajstić information content (AvgIpc) is 2.34. The Kier molecular flexibility index (Phi) is 3.62. The zero-order chi connectivity index (χ0) is 12.3. The molecule has 0 aliphatic rings. The highest BCUT2D eigenvalue weighted by Crippen LogP contribution is 2.22. The molecule has 2 heteroatoms. The molecule has 0 saturated heterocycles. The molecule has 0 N–H and O–H groups in total. The van der Waals surface area contributed by atoms with Gasteiger partial charge in [-0.1, -0.05) is 44.9 Å². The van der Waals surface area contributed by atoms with Gasteiger partial charge in [0.15, 0.2) is 0 Å². The van der Waals surface area contributed by atoms with Gasteiger partial charge in [-0.3, -0.25) is 0 Å². The van der Waals surface area contributed by atoms with Gasteiger partial charge >= 0.3 is 5.63 Å². The number of aryl methyl sites for hydroxylation is 1. The summed E-state index contributed by atoms with van der Waals surface area (Å²) in [6, 6.07) is 7.81. The fraction of sp³-hybridized carbons (Fsp3) is 0.400. The van der Waals surface area contributed by atoms with Crippen LogP contribution in [0.2, 0.25) is 0 Å². The predicted octanol–water partition coefficient (Wildman–Crippen LogP) is 3.70. The van der Waals surface area contributed by atoms with Gasteiger partial charge in [0.05, 0.1) is 0 Å². The molecule has 0 radical (unpaired) electrons. The van der Waals surface area contributed by atoms with Crippen molar-refractivity contribution in [1.29, 1.82) is 0 Å². The summed E-state index contributed by atoms with van der Waals surface area (Å²) in [5.41, 5.74) is 2.60. The van der Waals surface area contributed by atoms with Crippen LogP contribution in [-0.2, 0) is 12.8 Å². The van der Waals surface area contributed by atoms with Crippen molar-refractivity contribution in [2.75, 3.05) is 0 Å². The molecule has 2 nitrogen and oxygen atoms in total. The van der Waals surface area contributed by atoms with Crippen LogP contribution in [0.25, 0.3) is 11.0 Å². The highest BCUT2D eigenvalue weighted by Gasteiger charge is 2.12. The molecule has 1 heterocycles. The molecular formula is C15H18O2. The first-order chi connectivity index (χ1) is 8.27. The van der Waals surface area contributed by atoms with Crippen molar-refractivity contribution in [3.05, 3.63) is 45.8 Å². The van der Waals surface area contributed by atoms with Crippen molar-refractivity contribution in [3.63, 3.8) is 0 Å². The zero-order valence-corrected chi connectivity index (χ0v) is 10.5. The molecular weight excluding hydrogens is 212 g/mol. The lowest BCUT2D eigenvalue weighted by Crippen LogP contribution is -2.11. The fourth-order valence-electron chi connectivity index (χ4n) is 2.29. The Labute approximate surface area is 101 Å². The molecule has 0 fully saturated rings. The number of fused-ring (bicyclic) bond motifs is 1. The van der Waals surface area contributed by atoms with Crippen molar-refractivity contribution in [2.45, 2.75) is 39.5 Å². The van der Waals surface area contributed by atoms with E-state index in [0.717, 1.165) is 36.6 Å². The standard InChI is InChI=1S/C15H18O2/c1-3-7-11-12-9-5-6-10-14(12)17-15(16)13(11)8-4-2/h5-6,9-10H,3-4,7-8H2,1-2H3. The lowest BCUT2D eigenvalue weighted by molar-refractivity contribution is 0.545. The molecule has 0 saturated carbocycles. The average molecular weight is 230 g/mol. The Balaban J connectivity index is 2.73. The third-order valence-electron chi connectivity index (χ3n) is 3.03. The normalized spacial score (nSPS) is 10.9. The highest BCUT2D eigenvalue weighted by atomic mass is 16.4. The second kappa shape index (κ2) is 5.17. The summed E-state index contributed by atoms with van der Waals surface area (Å²) < 4.78 is 5.38. The van der Waals surface area contributed by atoms with E-state index in [1.807, 2.05) is 24.3 Å². The maximum atomic E-state index is 12.0. The molecule has 2 aromatic rings. The van der Waals surface area contributed by atoms with Gasteiger partial charge in [0.2, 0.25) is 0 Å². The second-order valence-corrected chi connectivity index (χ2v) is 4.34. The van der Waals surface area contributed by atoms with Gasteiger partial charge in [0, 0.05) is 10.9 Å². The molecule has 0 unspecified atom stereocenters. The van der Waals surface area contributed by atoms with Gasteiger partial charge in [-0.2, -0.15) is 0 Å². The first-order valence-corrected chi connectivity index (χ1v) is 6.31. The van der Waals surface area contributed by atoms with E-state index in [4.69, 9.17) is 4.42 Å². The van der Waals surface area contributed by atoms with Gasteiger partial charge in [0.25, 0.3) is 0 Å². The lowest BCUT2D eigenvalue weighted by Gasteiger charge is -2.09. The van der Waals surface area contributed by atoms with Crippen molar-refractivity contribution >= 4 is 11.0 Å². The van der Waals surface area contributed by atoms with Crippen LogP contribution in [0.4, 0.5) is 0 Å². The molecule has 0 aliphatic heterocycles. The van der Waals surface area contributed by atoms with Gasteiger partial charge < -0.3 is 4.42 Å². The SMILES string of the molecule is CCCc1c(CCC)c2ccccc2oc1=O. The second-order valence-electron chi connectivity index (χ2n) is 4.34. The summed E-state index contributed by atoms with van der Waals surface area (Å²) in [6.45, 7) is 4.23. The van der Waals surface area contributed by atoms with Crippen LogP contribution in [0.5, 0.6) is 0 Å². The van der Waals surface area contributed by atoms with E-state index in [0.29, 0.717) is 5.58 Å². The van der Waals surface area contributed by atoms with E-state index in [-0.39, 0.29) is 5.63 Å². The molecule has 0 bridgehead atoms. The maximum absolute atomic E-state index is 12.0. The summed E-state index contributed by atoms with van der Waals surface area (Å²) in [6.07, 6.45) is 3.77. The Morgan fingerprint density at radius 3 is 2.35 bits per heavy atom. The van der Waals surface area contributed by atoms with Crippen LogP contribution in [0.1, 0.15) is 37.8 Å². The Morgan fingerprint density at radius 2 is 1.65 bits per heavy atom. The molecule has 0 atom stereocenters. The summed E-state index contributed by atoms with van der Waals surface area (Å²) >= 11 is 0. The van der Waals surface area contributed by atoms with Crippen LogP contribution in [0, 0.1) is 0 Å². The minimum absolute atomic E-state index is 0.158. The first kappa shape index (κ1) is 11.9. The van der Waals surface area contributed by atoms with Crippen molar-refractivity contribution in [2.24, 2.45) is 0 Å². The van der Waals surface area contributed by atoms with Crippen LogP contribution in [-0.4, -0.2) is 0 Å². The van der Waals surface area contributed by atoms with Gasteiger partial charge in [-0.15, -0.1) is 0 Å². The van der Waals surface area contributed by atoms with Crippen molar-refractivity contribution in [3.8, 4) is 0 Å². The van der Waals surface area contributed by atoms with E-state index in [1.54, 1.807) is 0 Å². The molecule has 0 spiro atoms. The number of hydrogen-bond acceptors (Lipinski definition) is 2. The topological polar surface area (TPSA) is 30.2 Å². The number of para-hydroxylation sites is 1. The Morgan fingerprint density at radius 1 is 1.00 bits per heavy atom. The quantitative estimate of drug-likeness (QED) is 0.750. The van der Waals surface area contributed by atoms with Crippen LogP contribution >= 0.6 is 0 Å². The molecule has 0 amide bonds. The van der Waals surface area contributed by atoms with Crippen molar-refractivity contribution in [1.82, 2.24) is 0 Å². The van der Waals surface area contributed by atoms with Gasteiger partial charge in [0.1, 0.15) is 5.58 Å². The fourth-order valence-corrected chi connectivity index (χ4v) is 2.29. The molecule has 17 heavy (non-hydrogen) atoms. The number of hydrogen-bond donors (Lipinski definition) is 0. The predicted molar refractivity (Wildman–Crippen MR) is 70.5 cm³/mol. The maximum Gasteiger partial charge on any atom is 0.339 e.